The maximum absolute atomic E-state index is 13.0. The van der Waals surface area contributed by atoms with Crippen LogP contribution in [0.25, 0.3) is 0 Å². The molecule has 0 bridgehead atoms. The second-order valence-electron chi connectivity index (χ2n) is 6.52. The molecule has 0 radical (unpaired) electrons. The van der Waals surface area contributed by atoms with Gasteiger partial charge in [0.15, 0.2) is 11.6 Å². The first-order chi connectivity index (χ1) is 14.2. The third kappa shape index (κ3) is 4.41. The topological polar surface area (TPSA) is 114 Å². The number of anilines is 2. The zero-order valence-corrected chi connectivity index (χ0v) is 17.5. The van der Waals surface area contributed by atoms with Gasteiger partial charge in [-0.25, -0.2) is 4.79 Å². The summed E-state index contributed by atoms with van der Waals surface area (Å²) >= 11 is 0. The van der Waals surface area contributed by atoms with Gasteiger partial charge in [-0.15, -0.1) is 4.40 Å². The van der Waals surface area contributed by atoms with E-state index in [0.29, 0.717) is 17.1 Å². The van der Waals surface area contributed by atoms with E-state index in [1.165, 1.54) is 31.2 Å². The Bertz CT molecular complexity index is 1180. The molecule has 9 heteroatoms. The van der Waals surface area contributed by atoms with Crippen LogP contribution in [0.4, 0.5) is 11.4 Å². The van der Waals surface area contributed by atoms with Crippen molar-refractivity contribution in [2.45, 2.75) is 25.7 Å². The van der Waals surface area contributed by atoms with Crippen molar-refractivity contribution in [3.05, 3.63) is 65.4 Å². The van der Waals surface area contributed by atoms with Crippen LogP contribution in [-0.4, -0.2) is 32.6 Å². The lowest BCUT2D eigenvalue weighted by atomic mass is 10.2. The lowest BCUT2D eigenvalue weighted by Gasteiger charge is -2.12. The minimum Gasteiger partial charge on any atom is -0.462 e. The number of fused-ring (bicyclic) bond motifs is 1. The number of hydrogen-bond donors (Lipinski definition) is 2. The summed E-state index contributed by atoms with van der Waals surface area (Å²) < 4.78 is 35.0. The number of allylic oxidation sites excluding steroid dienone is 1. The number of hydrogen-bond acceptors (Lipinski definition) is 6. The SMILES string of the molecule is CCOC(=O)C1=C(C)Nc2ccccc2N/C1=N\S(=O)(=O)c1cccc(C(C)=O)c1. The molecule has 8 nitrogen and oxygen atoms in total. The molecule has 2 aromatic rings. The van der Waals surface area contributed by atoms with E-state index < -0.39 is 16.0 Å². The Morgan fingerprint density at radius 3 is 2.33 bits per heavy atom. The highest BCUT2D eigenvalue weighted by atomic mass is 32.2. The number of nitrogens with zero attached hydrogens (tertiary/aromatic N) is 1. The molecule has 2 aromatic carbocycles. The van der Waals surface area contributed by atoms with Crippen LogP contribution in [0.5, 0.6) is 0 Å². The van der Waals surface area contributed by atoms with Crippen molar-refractivity contribution in [3.8, 4) is 0 Å². The summed E-state index contributed by atoms with van der Waals surface area (Å²) in [6.45, 7) is 4.75. The van der Waals surface area contributed by atoms with Crippen LogP contribution in [-0.2, 0) is 19.6 Å². The van der Waals surface area contributed by atoms with Crippen molar-refractivity contribution < 1.29 is 22.7 Å². The minimum atomic E-state index is -4.24. The standard InChI is InChI=1S/C21H21N3O5S/c1-4-29-21(26)19-13(2)22-17-10-5-6-11-18(17)23-20(19)24-30(27,28)16-9-7-8-15(12-16)14(3)25/h5-12,22H,4H2,1-3H3,(H,23,24). The van der Waals surface area contributed by atoms with Gasteiger partial charge in [-0.05, 0) is 45.0 Å². The summed E-state index contributed by atoms with van der Waals surface area (Å²) in [6, 6.07) is 12.7. The van der Waals surface area contributed by atoms with Gasteiger partial charge in [0.1, 0.15) is 5.57 Å². The molecule has 1 aliphatic rings. The molecule has 0 saturated carbocycles. The van der Waals surface area contributed by atoms with Crippen molar-refractivity contribution >= 4 is 39.0 Å². The third-order valence-electron chi connectivity index (χ3n) is 4.34. The second-order valence-corrected chi connectivity index (χ2v) is 8.12. The number of ether oxygens (including phenoxy) is 1. The van der Waals surface area contributed by atoms with Crippen LogP contribution in [0.3, 0.4) is 0 Å². The molecule has 0 atom stereocenters. The molecule has 0 fully saturated rings. The number of carbonyl (C=O) groups excluding carboxylic acids is 2. The summed E-state index contributed by atoms with van der Waals surface area (Å²) in [5.41, 5.74) is 1.80. The minimum absolute atomic E-state index is 0.0284. The summed E-state index contributed by atoms with van der Waals surface area (Å²) in [5, 5.41) is 6.01. The number of ketones is 1. The highest BCUT2D eigenvalue weighted by Gasteiger charge is 2.28. The highest BCUT2D eigenvalue weighted by molar-refractivity contribution is 7.90. The Morgan fingerprint density at radius 1 is 1.03 bits per heavy atom. The van der Waals surface area contributed by atoms with Crippen LogP contribution in [0.1, 0.15) is 31.1 Å². The summed E-state index contributed by atoms with van der Waals surface area (Å²) in [6.07, 6.45) is 0. The Labute approximate surface area is 174 Å². The van der Waals surface area contributed by atoms with E-state index in [1.54, 1.807) is 38.1 Å². The van der Waals surface area contributed by atoms with Crippen LogP contribution in [0.15, 0.2) is 69.1 Å². The average Bonchev–Trinajstić information content (AvgIpc) is 2.83. The first kappa shape index (κ1) is 21.3. The van der Waals surface area contributed by atoms with Gasteiger partial charge in [0.2, 0.25) is 0 Å². The van der Waals surface area contributed by atoms with Gasteiger partial charge in [0.25, 0.3) is 10.0 Å². The molecule has 0 aliphatic carbocycles. The van der Waals surface area contributed by atoms with Crippen LogP contribution >= 0.6 is 0 Å². The molecule has 2 N–H and O–H groups in total. The predicted octanol–water partition coefficient (Wildman–Crippen LogP) is 3.35. The fourth-order valence-corrected chi connectivity index (χ4v) is 3.91. The van der Waals surface area contributed by atoms with E-state index in [2.05, 4.69) is 15.0 Å². The quantitative estimate of drug-likeness (QED) is 0.555. The molecule has 0 saturated heterocycles. The van der Waals surface area contributed by atoms with Gasteiger partial charge >= 0.3 is 5.97 Å². The fraction of sp³-hybridized carbons (Fsp3) is 0.190. The van der Waals surface area contributed by atoms with E-state index in [-0.39, 0.29) is 34.3 Å². The number of rotatable bonds is 5. The largest absolute Gasteiger partial charge is 0.462 e. The van der Waals surface area contributed by atoms with Crippen molar-refractivity contribution in [2.24, 2.45) is 4.40 Å². The Balaban J connectivity index is 2.16. The van der Waals surface area contributed by atoms with Crippen molar-refractivity contribution in [1.82, 2.24) is 0 Å². The number of amidine groups is 1. The smallest absolute Gasteiger partial charge is 0.343 e. The number of para-hydroxylation sites is 2. The van der Waals surface area contributed by atoms with E-state index in [4.69, 9.17) is 4.74 Å². The van der Waals surface area contributed by atoms with Crippen LogP contribution in [0.2, 0.25) is 0 Å². The predicted molar refractivity (Wildman–Crippen MR) is 114 cm³/mol. The van der Waals surface area contributed by atoms with Gasteiger partial charge in [-0.1, -0.05) is 24.3 Å². The molecule has 0 amide bonds. The first-order valence-corrected chi connectivity index (χ1v) is 10.6. The normalized spacial score (nSPS) is 15.0. The summed E-state index contributed by atoms with van der Waals surface area (Å²) in [4.78, 5) is 24.1. The summed E-state index contributed by atoms with van der Waals surface area (Å²) in [5.74, 6) is -1.15. The molecule has 1 heterocycles. The first-order valence-electron chi connectivity index (χ1n) is 9.20. The molecular formula is C21H21N3O5S. The molecule has 3 rings (SSSR count). The summed E-state index contributed by atoms with van der Waals surface area (Å²) in [7, 11) is -4.24. The number of esters is 1. The molecule has 0 unspecified atom stereocenters. The lowest BCUT2D eigenvalue weighted by Crippen LogP contribution is -2.25. The molecular weight excluding hydrogens is 406 g/mol. The van der Waals surface area contributed by atoms with E-state index in [0.717, 1.165) is 0 Å². The van der Waals surface area contributed by atoms with E-state index in [9.17, 15) is 18.0 Å². The molecule has 1 aliphatic heterocycles. The third-order valence-corrected chi connectivity index (χ3v) is 5.62. The lowest BCUT2D eigenvalue weighted by molar-refractivity contribution is -0.137. The molecule has 0 spiro atoms. The van der Waals surface area contributed by atoms with Crippen LogP contribution in [0, 0.1) is 0 Å². The monoisotopic (exact) mass is 427 g/mol. The number of sulfonamides is 1. The molecule has 30 heavy (non-hydrogen) atoms. The number of Topliss-reactive ketones (excluding diaryl/α,β-unsaturated/α-hetero) is 1. The molecule has 0 aromatic heterocycles. The molecule has 156 valence electrons. The Morgan fingerprint density at radius 2 is 1.70 bits per heavy atom. The van der Waals surface area contributed by atoms with Gasteiger partial charge in [-0.2, -0.15) is 8.42 Å². The van der Waals surface area contributed by atoms with Crippen molar-refractivity contribution in [1.29, 1.82) is 0 Å². The zero-order chi connectivity index (χ0) is 21.9. The van der Waals surface area contributed by atoms with Crippen molar-refractivity contribution in [3.63, 3.8) is 0 Å². The maximum Gasteiger partial charge on any atom is 0.343 e. The maximum atomic E-state index is 13.0. The van der Waals surface area contributed by atoms with Crippen LogP contribution < -0.4 is 10.6 Å². The highest BCUT2D eigenvalue weighted by Crippen LogP contribution is 2.29. The number of benzene rings is 2. The van der Waals surface area contributed by atoms with Gasteiger partial charge in [0, 0.05) is 11.3 Å². The number of carbonyl (C=O) groups is 2. The van der Waals surface area contributed by atoms with Gasteiger partial charge < -0.3 is 15.4 Å². The average molecular weight is 427 g/mol. The Hall–Kier alpha value is -3.46. The van der Waals surface area contributed by atoms with Crippen molar-refractivity contribution in [2.75, 3.05) is 17.2 Å². The second kappa shape index (κ2) is 8.50. The Kier molecular flexibility index (Phi) is 6.02. The van der Waals surface area contributed by atoms with Gasteiger partial charge in [-0.3, -0.25) is 4.79 Å². The number of nitrogens with one attached hydrogen (secondary N) is 2. The fourth-order valence-electron chi connectivity index (χ4n) is 2.90. The van der Waals surface area contributed by atoms with E-state index >= 15 is 0 Å². The zero-order valence-electron chi connectivity index (χ0n) is 16.7. The van der Waals surface area contributed by atoms with E-state index in [1.807, 2.05) is 0 Å². The van der Waals surface area contributed by atoms with Gasteiger partial charge in [0.05, 0.1) is 22.9 Å².